The van der Waals surface area contributed by atoms with Gasteiger partial charge < -0.3 is 5.11 Å². The van der Waals surface area contributed by atoms with Crippen LogP contribution in [0.2, 0.25) is 0 Å². The quantitative estimate of drug-likeness (QED) is 0.683. The molecule has 0 aliphatic heterocycles. The zero-order valence-electron chi connectivity index (χ0n) is 8.35. The molecule has 0 heterocycles. The molecule has 1 atom stereocenters. The van der Waals surface area contributed by atoms with E-state index in [1.165, 1.54) is 16.7 Å². The summed E-state index contributed by atoms with van der Waals surface area (Å²) >= 11 is 0. The Morgan fingerprint density at radius 1 is 0.933 bits per heavy atom. The van der Waals surface area contributed by atoms with Crippen LogP contribution in [0.25, 0.3) is 0 Å². The first-order chi connectivity index (χ1) is 7.38. The first kappa shape index (κ1) is 8.69. The van der Waals surface area contributed by atoms with E-state index in [1.54, 1.807) is 0 Å². The van der Waals surface area contributed by atoms with Gasteiger partial charge in [-0.3, -0.25) is 0 Å². The number of allylic oxidation sites excluding steroid dienone is 10. The Bertz CT molecular complexity index is 479. The monoisotopic (exact) mass is 196 g/mol. The van der Waals surface area contributed by atoms with Gasteiger partial charge in [0, 0.05) is 5.92 Å². The first-order valence-corrected chi connectivity index (χ1v) is 5.18. The molecule has 0 aromatic carbocycles. The summed E-state index contributed by atoms with van der Waals surface area (Å²) in [5.41, 5.74) is 4.91. The van der Waals surface area contributed by atoms with Gasteiger partial charge in [0.05, 0.1) is 6.61 Å². The summed E-state index contributed by atoms with van der Waals surface area (Å²) < 4.78 is 0. The SMILES string of the molecule is OCC1=CC2=CC=CC3=CC=CC(=C1)C32. The molecule has 1 unspecified atom stereocenters. The third-order valence-electron chi connectivity index (χ3n) is 3.04. The van der Waals surface area contributed by atoms with E-state index < -0.39 is 0 Å². The Morgan fingerprint density at radius 2 is 1.67 bits per heavy atom. The average molecular weight is 196 g/mol. The molecule has 0 fully saturated rings. The normalized spacial score (nSPS) is 26.3. The van der Waals surface area contributed by atoms with Gasteiger partial charge in [-0.2, -0.15) is 0 Å². The molecule has 0 bridgehead atoms. The van der Waals surface area contributed by atoms with Crippen molar-refractivity contribution in [2.75, 3.05) is 6.61 Å². The number of aliphatic hydroxyl groups excluding tert-OH is 1. The second-order valence-corrected chi connectivity index (χ2v) is 4.01. The van der Waals surface area contributed by atoms with Gasteiger partial charge in [0.25, 0.3) is 0 Å². The Kier molecular flexibility index (Phi) is 1.86. The highest BCUT2D eigenvalue weighted by molar-refractivity contribution is 5.59. The standard InChI is InChI=1S/C14H12O/c15-9-10-7-12-5-1-3-11-4-2-6-13(8-10)14(11)12/h1-8,14-15H,9H2. The predicted molar refractivity (Wildman–Crippen MR) is 61.2 cm³/mol. The predicted octanol–water partition coefficient (Wildman–Crippen LogP) is 2.45. The minimum Gasteiger partial charge on any atom is -0.392 e. The van der Waals surface area contributed by atoms with Gasteiger partial charge in [0.2, 0.25) is 0 Å². The van der Waals surface area contributed by atoms with Crippen molar-refractivity contribution in [2.24, 2.45) is 5.92 Å². The summed E-state index contributed by atoms with van der Waals surface area (Å²) in [6, 6.07) is 0. The minimum absolute atomic E-state index is 0.115. The third kappa shape index (κ3) is 1.28. The summed E-state index contributed by atoms with van der Waals surface area (Å²) in [5, 5.41) is 9.18. The lowest BCUT2D eigenvalue weighted by molar-refractivity contribution is 0.334. The van der Waals surface area contributed by atoms with E-state index in [-0.39, 0.29) is 6.61 Å². The van der Waals surface area contributed by atoms with Crippen LogP contribution in [0.1, 0.15) is 0 Å². The number of aliphatic hydroxyl groups is 1. The average Bonchev–Trinajstić information content (AvgIpc) is 2.29. The van der Waals surface area contributed by atoms with Gasteiger partial charge in [-0.05, 0) is 22.3 Å². The maximum absolute atomic E-state index is 9.18. The van der Waals surface area contributed by atoms with Gasteiger partial charge in [-0.25, -0.2) is 0 Å². The Morgan fingerprint density at radius 3 is 2.47 bits per heavy atom. The summed E-state index contributed by atoms with van der Waals surface area (Å²) in [6.45, 7) is 0.115. The lowest BCUT2D eigenvalue weighted by atomic mass is 9.75. The maximum atomic E-state index is 9.18. The third-order valence-corrected chi connectivity index (χ3v) is 3.04. The molecule has 0 saturated heterocycles. The zero-order valence-corrected chi connectivity index (χ0v) is 8.35. The topological polar surface area (TPSA) is 20.2 Å². The summed E-state index contributed by atoms with van der Waals surface area (Å²) in [4.78, 5) is 0. The molecule has 0 amide bonds. The number of rotatable bonds is 1. The van der Waals surface area contributed by atoms with Crippen molar-refractivity contribution in [3.63, 3.8) is 0 Å². The van der Waals surface area contributed by atoms with Crippen LogP contribution in [-0.2, 0) is 0 Å². The van der Waals surface area contributed by atoms with Crippen molar-refractivity contribution in [3.8, 4) is 0 Å². The fourth-order valence-electron chi connectivity index (χ4n) is 2.38. The van der Waals surface area contributed by atoms with E-state index in [0.29, 0.717) is 5.92 Å². The van der Waals surface area contributed by atoms with Crippen molar-refractivity contribution in [3.05, 3.63) is 70.9 Å². The van der Waals surface area contributed by atoms with Crippen LogP contribution in [0.15, 0.2) is 70.9 Å². The van der Waals surface area contributed by atoms with Gasteiger partial charge in [-0.1, -0.05) is 48.6 Å². The fourth-order valence-corrected chi connectivity index (χ4v) is 2.38. The van der Waals surface area contributed by atoms with Crippen LogP contribution in [-0.4, -0.2) is 11.7 Å². The molecule has 15 heavy (non-hydrogen) atoms. The Balaban J connectivity index is 2.16. The molecule has 3 aliphatic rings. The molecular formula is C14H12O. The van der Waals surface area contributed by atoms with E-state index in [0.717, 1.165) is 5.57 Å². The van der Waals surface area contributed by atoms with Crippen LogP contribution in [0.3, 0.4) is 0 Å². The van der Waals surface area contributed by atoms with Gasteiger partial charge in [-0.15, -0.1) is 0 Å². The Labute approximate surface area is 89.1 Å². The number of hydrogen-bond acceptors (Lipinski definition) is 1. The largest absolute Gasteiger partial charge is 0.392 e. The van der Waals surface area contributed by atoms with E-state index in [4.69, 9.17) is 0 Å². The molecule has 1 heteroatoms. The minimum atomic E-state index is 0.115. The van der Waals surface area contributed by atoms with Crippen molar-refractivity contribution < 1.29 is 5.11 Å². The van der Waals surface area contributed by atoms with Crippen molar-refractivity contribution >= 4 is 0 Å². The van der Waals surface area contributed by atoms with Crippen LogP contribution in [0.5, 0.6) is 0 Å². The van der Waals surface area contributed by atoms with Gasteiger partial charge >= 0.3 is 0 Å². The lowest BCUT2D eigenvalue weighted by Gasteiger charge is -2.29. The van der Waals surface area contributed by atoms with E-state index in [9.17, 15) is 5.11 Å². The highest BCUT2D eigenvalue weighted by Gasteiger charge is 2.25. The summed E-state index contributed by atoms with van der Waals surface area (Å²) in [5.74, 6) is 0.398. The van der Waals surface area contributed by atoms with Crippen LogP contribution < -0.4 is 0 Å². The van der Waals surface area contributed by atoms with Crippen LogP contribution >= 0.6 is 0 Å². The molecule has 3 aliphatic carbocycles. The molecule has 0 aromatic rings. The fraction of sp³-hybridized carbons (Fsp3) is 0.143. The summed E-state index contributed by atoms with van der Waals surface area (Å²) in [7, 11) is 0. The molecule has 1 nitrogen and oxygen atoms in total. The molecule has 74 valence electrons. The smallest absolute Gasteiger partial charge is 0.0682 e. The highest BCUT2D eigenvalue weighted by atomic mass is 16.3. The van der Waals surface area contributed by atoms with Crippen LogP contribution in [0.4, 0.5) is 0 Å². The van der Waals surface area contributed by atoms with Crippen LogP contribution in [0, 0.1) is 5.92 Å². The zero-order chi connectivity index (χ0) is 10.3. The molecule has 1 N–H and O–H groups in total. The van der Waals surface area contributed by atoms with Crippen molar-refractivity contribution in [1.29, 1.82) is 0 Å². The second kappa shape index (κ2) is 3.21. The van der Waals surface area contributed by atoms with E-state index in [1.807, 2.05) is 0 Å². The molecule has 3 rings (SSSR count). The Hall–Kier alpha value is -1.60. The molecule has 0 radical (unpaired) electrons. The first-order valence-electron chi connectivity index (χ1n) is 5.18. The van der Waals surface area contributed by atoms with Crippen molar-refractivity contribution in [2.45, 2.75) is 0 Å². The van der Waals surface area contributed by atoms with E-state index >= 15 is 0 Å². The van der Waals surface area contributed by atoms with E-state index in [2.05, 4.69) is 48.6 Å². The van der Waals surface area contributed by atoms with Gasteiger partial charge in [0.1, 0.15) is 0 Å². The lowest BCUT2D eigenvalue weighted by Crippen LogP contribution is -2.16. The highest BCUT2D eigenvalue weighted by Crippen LogP contribution is 2.39. The molecule has 0 aromatic heterocycles. The number of hydrogen-bond donors (Lipinski definition) is 1. The van der Waals surface area contributed by atoms with Gasteiger partial charge in [0.15, 0.2) is 0 Å². The second-order valence-electron chi connectivity index (χ2n) is 4.01. The summed E-state index contributed by atoms with van der Waals surface area (Å²) in [6.07, 6.45) is 16.9. The molecule has 0 spiro atoms. The van der Waals surface area contributed by atoms with Crippen molar-refractivity contribution in [1.82, 2.24) is 0 Å². The molecule has 0 saturated carbocycles. The molecular weight excluding hydrogens is 184 g/mol. The maximum Gasteiger partial charge on any atom is 0.0682 e.